The van der Waals surface area contributed by atoms with Gasteiger partial charge >= 0.3 is 0 Å². The van der Waals surface area contributed by atoms with Gasteiger partial charge < -0.3 is 5.73 Å². The molecule has 1 aromatic rings. The summed E-state index contributed by atoms with van der Waals surface area (Å²) in [5.74, 6) is 0. The Morgan fingerprint density at radius 3 is 3.00 bits per heavy atom. The van der Waals surface area contributed by atoms with Gasteiger partial charge in [-0.05, 0) is 29.5 Å². The Kier molecular flexibility index (Phi) is 1.74. The summed E-state index contributed by atoms with van der Waals surface area (Å²) in [4.78, 5) is 0. The number of benzene rings is 1. The predicted octanol–water partition coefficient (Wildman–Crippen LogP) is 1.76. The Balaban J connectivity index is 2.51. The van der Waals surface area contributed by atoms with Crippen molar-refractivity contribution < 1.29 is 0 Å². The van der Waals surface area contributed by atoms with Crippen LogP contribution in [0.25, 0.3) is 6.08 Å². The topological polar surface area (TPSA) is 26.0 Å². The Hall–Kier alpha value is -1.08. The van der Waals surface area contributed by atoms with E-state index in [0.717, 1.165) is 12.8 Å². The lowest BCUT2D eigenvalue weighted by molar-refractivity contribution is 0.721. The van der Waals surface area contributed by atoms with Crippen molar-refractivity contribution in [1.82, 2.24) is 0 Å². The molecule has 1 aromatic carbocycles. The van der Waals surface area contributed by atoms with Crippen molar-refractivity contribution in [2.75, 3.05) is 0 Å². The first-order valence-corrected chi connectivity index (χ1v) is 4.30. The minimum absolute atomic E-state index is 0.320. The second-order valence-corrected chi connectivity index (χ2v) is 3.36. The van der Waals surface area contributed by atoms with Crippen molar-refractivity contribution >= 4 is 6.08 Å². The van der Waals surface area contributed by atoms with Gasteiger partial charge in [-0.25, -0.2) is 0 Å². The highest BCUT2D eigenvalue weighted by atomic mass is 14.6. The lowest BCUT2D eigenvalue weighted by atomic mass is 10.0. The third-order valence-electron chi connectivity index (χ3n) is 2.48. The Morgan fingerprint density at radius 2 is 2.25 bits per heavy atom. The maximum Gasteiger partial charge on any atom is 0.0120 e. The molecule has 1 nitrogen and oxygen atoms in total. The quantitative estimate of drug-likeness (QED) is 0.663. The Labute approximate surface area is 72.9 Å². The van der Waals surface area contributed by atoms with Crippen LogP contribution in [-0.2, 0) is 12.8 Å². The fourth-order valence-electron chi connectivity index (χ4n) is 1.90. The standard InChI is InChI=1S/C11H13N/c1-2-8-4-3-5-9-6-10(12)7-11(8)9/h2-5,10H,1,6-7,12H2. The molecular weight excluding hydrogens is 146 g/mol. The van der Waals surface area contributed by atoms with E-state index < -0.39 is 0 Å². The lowest BCUT2D eigenvalue weighted by Gasteiger charge is -2.01. The molecule has 12 heavy (non-hydrogen) atoms. The Morgan fingerprint density at radius 1 is 1.42 bits per heavy atom. The maximum absolute atomic E-state index is 5.87. The minimum Gasteiger partial charge on any atom is -0.327 e. The molecule has 0 aromatic heterocycles. The van der Waals surface area contributed by atoms with Gasteiger partial charge in [0, 0.05) is 6.04 Å². The van der Waals surface area contributed by atoms with Crippen LogP contribution in [0.15, 0.2) is 24.8 Å². The molecule has 0 saturated carbocycles. The summed E-state index contributed by atoms with van der Waals surface area (Å²) in [6.45, 7) is 3.79. The minimum atomic E-state index is 0.320. The molecule has 62 valence electrons. The molecule has 1 atom stereocenters. The molecule has 1 aliphatic carbocycles. The van der Waals surface area contributed by atoms with Crippen molar-refractivity contribution in [2.24, 2.45) is 5.73 Å². The van der Waals surface area contributed by atoms with E-state index in [1.54, 1.807) is 0 Å². The van der Waals surface area contributed by atoms with Crippen LogP contribution in [0.4, 0.5) is 0 Å². The molecule has 0 heterocycles. The number of nitrogens with two attached hydrogens (primary N) is 1. The summed E-state index contributed by atoms with van der Waals surface area (Å²) in [7, 11) is 0. The maximum atomic E-state index is 5.87. The van der Waals surface area contributed by atoms with Crippen molar-refractivity contribution in [3.63, 3.8) is 0 Å². The number of hydrogen-bond donors (Lipinski definition) is 1. The van der Waals surface area contributed by atoms with Gasteiger partial charge in [0.15, 0.2) is 0 Å². The lowest BCUT2D eigenvalue weighted by Crippen LogP contribution is -2.19. The summed E-state index contributed by atoms with van der Waals surface area (Å²) in [5, 5.41) is 0. The van der Waals surface area contributed by atoms with E-state index in [1.807, 2.05) is 6.08 Å². The zero-order chi connectivity index (χ0) is 8.55. The van der Waals surface area contributed by atoms with Crippen LogP contribution in [0.1, 0.15) is 16.7 Å². The van der Waals surface area contributed by atoms with E-state index in [0.29, 0.717) is 6.04 Å². The van der Waals surface area contributed by atoms with Crippen LogP contribution >= 0.6 is 0 Å². The number of hydrogen-bond acceptors (Lipinski definition) is 1. The molecule has 0 aliphatic heterocycles. The van der Waals surface area contributed by atoms with Gasteiger partial charge in [0.05, 0.1) is 0 Å². The highest BCUT2D eigenvalue weighted by Gasteiger charge is 2.19. The van der Waals surface area contributed by atoms with E-state index in [1.165, 1.54) is 16.7 Å². The number of rotatable bonds is 1. The Bertz CT molecular complexity index is 315. The van der Waals surface area contributed by atoms with Crippen LogP contribution in [0.3, 0.4) is 0 Å². The van der Waals surface area contributed by atoms with E-state index >= 15 is 0 Å². The predicted molar refractivity (Wildman–Crippen MR) is 51.9 cm³/mol. The van der Waals surface area contributed by atoms with E-state index in [9.17, 15) is 0 Å². The first kappa shape index (κ1) is 7.56. The largest absolute Gasteiger partial charge is 0.327 e. The molecule has 1 aliphatic rings. The zero-order valence-corrected chi connectivity index (χ0v) is 7.09. The van der Waals surface area contributed by atoms with Crippen LogP contribution in [0, 0.1) is 0 Å². The van der Waals surface area contributed by atoms with Gasteiger partial charge in [0.2, 0.25) is 0 Å². The highest BCUT2D eigenvalue weighted by Crippen LogP contribution is 2.25. The van der Waals surface area contributed by atoms with E-state index in [-0.39, 0.29) is 0 Å². The average Bonchev–Trinajstić information content (AvgIpc) is 2.44. The van der Waals surface area contributed by atoms with Gasteiger partial charge in [0.25, 0.3) is 0 Å². The normalized spacial score (nSPS) is 20.6. The summed E-state index contributed by atoms with van der Waals surface area (Å²) in [6, 6.07) is 6.66. The van der Waals surface area contributed by atoms with Gasteiger partial charge in [-0.1, -0.05) is 30.9 Å². The van der Waals surface area contributed by atoms with Crippen molar-refractivity contribution in [1.29, 1.82) is 0 Å². The molecule has 1 unspecified atom stereocenters. The summed E-state index contributed by atoms with van der Waals surface area (Å²) >= 11 is 0. The van der Waals surface area contributed by atoms with Crippen LogP contribution in [-0.4, -0.2) is 6.04 Å². The van der Waals surface area contributed by atoms with Crippen LogP contribution < -0.4 is 5.73 Å². The summed E-state index contributed by atoms with van der Waals surface area (Å²) in [6.07, 6.45) is 3.95. The molecule has 0 saturated heterocycles. The highest BCUT2D eigenvalue weighted by molar-refractivity contribution is 5.56. The first-order chi connectivity index (χ1) is 5.81. The third kappa shape index (κ3) is 1.07. The fraction of sp³-hybridized carbons (Fsp3) is 0.273. The molecule has 2 rings (SSSR count). The molecular formula is C11H13N. The fourth-order valence-corrected chi connectivity index (χ4v) is 1.90. The molecule has 0 fully saturated rings. The first-order valence-electron chi connectivity index (χ1n) is 4.30. The monoisotopic (exact) mass is 159 g/mol. The van der Waals surface area contributed by atoms with Gasteiger partial charge in [-0.2, -0.15) is 0 Å². The molecule has 2 N–H and O–H groups in total. The molecule has 0 spiro atoms. The average molecular weight is 159 g/mol. The third-order valence-corrected chi connectivity index (χ3v) is 2.48. The van der Waals surface area contributed by atoms with Crippen LogP contribution in [0.2, 0.25) is 0 Å². The van der Waals surface area contributed by atoms with E-state index in [4.69, 9.17) is 5.73 Å². The zero-order valence-electron chi connectivity index (χ0n) is 7.09. The van der Waals surface area contributed by atoms with Gasteiger partial charge in [-0.3, -0.25) is 0 Å². The summed E-state index contributed by atoms with van der Waals surface area (Å²) in [5.41, 5.74) is 9.93. The van der Waals surface area contributed by atoms with Crippen LogP contribution in [0.5, 0.6) is 0 Å². The second-order valence-electron chi connectivity index (χ2n) is 3.36. The van der Waals surface area contributed by atoms with Gasteiger partial charge in [-0.15, -0.1) is 0 Å². The molecule has 1 heteroatoms. The van der Waals surface area contributed by atoms with E-state index in [2.05, 4.69) is 24.8 Å². The van der Waals surface area contributed by atoms with Crippen molar-refractivity contribution in [3.05, 3.63) is 41.5 Å². The smallest absolute Gasteiger partial charge is 0.0120 e. The molecule has 0 amide bonds. The summed E-state index contributed by atoms with van der Waals surface area (Å²) < 4.78 is 0. The SMILES string of the molecule is C=Cc1cccc2c1CC(N)C2. The molecule has 0 bridgehead atoms. The second kappa shape index (κ2) is 2.76. The number of fused-ring (bicyclic) bond motifs is 1. The molecule has 0 radical (unpaired) electrons. The van der Waals surface area contributed by atoms with Gasteiger partial charge in [0.1, 0.15) is 0 Å². The van der Waals surface area contributed by atoms with Crippen molar-refractivity contribution in [2.45, 2.75) is 18.9 Å². The van der Waals surface area contributed by atoms with Crippen molar-refractivity contribution in [3.8, 4) is 0 Å².